The van der Waals surface area contributed by atoms with Gasteiger partial charge in [0.25, 0.3) is 5.91 Å². The molecule has 1 aromatic heterocycles. The fourth-order valence-electron chi connectivity index (χ4n) is 4.04. The quantitative estimate of drug-likeness (QED) is 0.165. The molecule has 1 fully saturated rings. The van der Waals surface area contributed by atoms with Crippen LogP contribution >= 0.6 is 46.9 Å². The number of unbranched alkanes of at least 4 members (excludes halogenated alkanes) is 2. The van der Waals surface area contributed by atoms with Gasteiger partial charge in [0, 0.05) is 35.5 Å². The molecule has 11 heteroatoms. The van der Waals surface area contributed by atoms with Crippen LogP contribution in [0.4, 0.5) is 5.13 Å². The molecule has 38 heavy (non-hydrogen) atoms. The lowest BCUT2D eigenvalue weighted by molar-refractivity contribution is -0.122. The van der Waals surface area contributed by atoms with Crippen molar-refractivity contribution in [3.63, 3.8) is 0 Å². The predicted molar refractivity (Wildman–Crippen MR) is 156 cm³/mol. The third kappa shape index (κ3) is 6.55. The highest BCUT2D eigenvalue weighted by molar-refractivity contribution is 8.26. The van der Waals surface area contributed by atoms with Crippen LogP contribution in [0.25, 0.3) is 6.08 Å². The number of aromatic nitrogens is 1. The van der Waals surface area contributed by atoms with Gasteiger partial charge in [-0.3, -0.25) is 14.5 Å². The number of halogens is 1. The highest BCUT2D eigenvalue weighted by atomic mass is 35.5. The molecule has 2 aromatic carbocycles. The van der Waals surface area contributed by atoms with Gasteiger partial charge in [0.1, 0.15) is 4.32 Å². The Bertz CT molecular complexity index is 1410. The Morgan fingerprint density at radius 2 is 2.00 bits per heavy atom. The van der Waals surface area contributed by atoms with Crippen molar-refractivity contribution in [2.75, 3.05) is 18.7 Å². The smallest absolute Gasteiger partial charge is 0.266 e. The summed E-state index contributed by atoms with van der Waals surface area (Å²) in [6.45, 7) is 0.738. The number of ether oxygens (including phenoxy) is 2. The van der Waals surface area contributed by atoms with Gasteiger partial charge < -0.3 is 14.8 Å². The minimum absolute atomic E-state index is 0.0686. The molecule has 0 aliphatic carbocycles. The Kier molecular flexibility index (Phi) is 8.63. The number of anilines is 1. The van der Waals surface area contributed by atoms with E-state index >= 15 is 0 Å². The van der Waals surface area contributed by atoms with E-state index in [0.717, 1.165) is 33.9 Å². The van der Waals surface area contributed by atoms with Crippen molar-refractivity contribution in [2.24, 2.45) is 0 Å². The Morgan fingerprint density at radius 1 is 1.16 bits per heavy atom. The molecule has 3 aromatic rings. The maximum atomic E-state index is 12.9. The van der Waals surface area contributed by atoms with Gasteiger partial charge in [-0.2, -0.15) is 0 Å². The lowest BCUT2D eigenvalue weighted by atomic mass is 10.1. The van der Waals surface area contributed by atoms with Crippen LogP contribution in [0.2, 0.25) is 5.02 Å². The van der Waals surface area contributed by atoms with Gasteiger partial charge in [-0.25, -0.2) is 4.98 Å². The summed E-state index contributed by atoms with van der Waals surface area (Å²) in [6, 6.07) is 13.3. The lowest BCUT2D eigenvalue weighted by Gasteiger charge is -2.14. The summed E-state index contributed by atoms with van der Waals surface area (Å²) in [5.74, 6) is 1.21. The maximum absolute atomic E-state index is 12.9. The predicted octanol–water partition coefficient (Wildman–Crippen LogP) is 6.52. The second-order valence-corrected chi connectivity index (χ2v) is 11.9. The number of hydrogen-bond acceptors (Lipinski definition) is 8. The Labute approximate surface area is 239 Å². The van der Waals surface area contributed by atoms with Crippen molar-refractivity contribution in [1.29, 1.82) is 0 Å². The third-order valence-electron chi connectivity index (χ3n) is 5.98. The summed E-state index contributed by atoms with van der Waals surface area (Å²) in [6.07, 6.45) is 6.94. The number of thiocarbonyl (C=S) groups is 1. The number of carbonyl (C=O) groups is 2. The molecular weight excluding hydrogens is 562 g/mol. The summed E-state index contributed by atoms with van der Waals surface area (Å²) in [5.41, 5.74) is 1.89. The molecule has 0 spiro atoms. The Balaban J connectivity index is 1.03. The van der Waals surface area contributed by atoms with Gasteiger partial charge in [-0.15, -0.1) is 11.3 Å². The molecule has 0 saturated carbocycles. The topological polar surface area (TPSA) is 80.8 Å². The number of fused-ring (bicyclic) bond motifs is 1. The number of benzene rings is 2. The molecular formula is C27H24ClN3O4S3. The molecule has 2 aliphatic rings. The molecule has 3 heterocycles. The van der Waals surface area contributed by atoms with Crippen LogP contribution in [0.15, 0.2) is 53.6 Å². The van der Waals surface area contributed by atoms with Crippen LogP contribution in [-0.2, 0) is 16.0 Å². The molecule has 1 saturated heterocycles. The van der Waals surface area contributed by atoms with Crippen molar-refractivity contribution in [2.45, 2.75) is 32.1 Å². The fraction of sp³-hybridized carbons (Fsp3) is 0.259. The largest absolute Gasteiger partial charge is 0.454 e. The van der Waals surface area contributed by atoms with Crippen LogP contribution in [0.1, 0.15) is 41.7 Å². The first-order chi connectivity index (χ1) is 18.5. The van der Waals surface area contributed by atoms with E-state index in [1.165, 1.54) is 23.1 Å². The number of thioether (sulfide) groups is 1. The molecule has 0 bridgehead atoms. The van der Waals surface area contributed by atoms with Crippen molar-refractivity contribution < 1.29 is 19.1 Å². The van der Waals surface area contributed by atoms with Crippen molar-refractivity contribution in [1.82, 2.24) is 9.88 Å². The molecule has 7 nitrogen and oxygen atoms in total. The molecule has 2 amide bonds. The first-order valence-electron chi connectivity index (χ1n) is 12.1. The normalized spacial score (nSPS) is 15.5. The molecule has 1 N–H and O–H groups in total. The van der Waals surface area contributed by atoms with Crippen LogP contribution in [-0.4, -0.2) is 39.4 Å². The number of amides is 2. The fourth-order valence-corrected chi connectivity index (χ4v) is 6.40. The number of carbonyl (C=O) groups excluding carboxylic acids is 2. The second-order valence-electron chi connectivity index (χ2n) is 8.70. The summed E-state index contributed by atoms with van der Waals surface area (Å²) < 4.78 is 11.3. The molecule has 2 aliphatic heterocycles. The number of thiazole rings is 1. The van der Waals surface area contributed by atoms with Gasteiger partial charge in [-0.05, 0) is 48.2 Å². The zero-order chi connectivity index (χ0) is 26.5. The van der Waals surface area contributed by atoms with E-state index in [1.54, 1.807) is 11.1 Å². The highest BCUT2D eigenvalue weighted by Gasteiger charge is 2.31. The van der Waals surface area contributed by atoms with E-state index in [-0.39, 0.29) is 18.6 Å². The molecule has 0 unspecified atom stereocenters. The third-order valence-corrected chi connectivity index (χ3v) is 8.64. The standard InChI is InChI=1S/C27H24ClN3O4S3/c28-20-7-4-3-6-18(20)14-19-15-29-26(37-19)30-24(32)8-2-1-5-11-31-25(33)23(38-27(31)36)13-17-9-10-21-22(12-17)35-16-34-21/h3-4,6-7,9-10,12-13,15H,1-2,5,8,11,14,16H2,(H,29,30,32)/b23-13-. The summed E-state index contributed by atoms with van der Waals surface area (Å²) in [5, 5.41) is 4.18. The number of nitrogens with one attached hydrogen (secondary N) is 1. The number of hydrogen-bond donors (Lipinski definition) is 1. The first kappa shape index (κ1) is 26.7. The van der Waals surface area contributed by atoms with Gasteiger partial charge >= 0.3 is 0 Å². The van der Waals surface area contributed by atoms with Crippen molar-refractivity contribution >= 4 is 74.3 Å². The number of nitrogens with zero attached hydrogens (tertiary/aromatic N) is 2. The Morgan fingerprint density at radius 3 is 2.87 bits per heavy atom. The van der Waals surface area contributed by atoms with E-state index in [1.807, 2.05) is 48.5 Å². The first-order valence-corrected chi connectivity index (χ1v) is 14.5. The van der Waals surface area contributed by atoms with Gasteiger partial charge in [-0.1, -0.05) is 66.3 Å². The minimum Gasteiger partial charge on any atom is -0.454 e. The monoisotopic (exact) mass is 585 g/mol. The van der Waals surface area contributed by atoms with Crippen LogP contribution in [0.3, 0.4) is 0 Å². The van der Waals surface area contributed by atoms with E-state index in [9.17, 15) is 9.59 Å². The molecule has 0 radical (unpaired) electrons. The van der Waals surface area contributed by atoms with E-state index < -0.39 is 0 Å². The number of rotatable bonds is 10. The average Bonchev–Trinajstić information content (AvgIpc) is 3.61. The van der Waals surface area contributed by atoms with Crippen LogP contribution in [0.5, 0.6) is 11.5 Å². The average molecular weight is 586 g/mol. The Hall–Kier alpha value is -2.92. The van der Waals surface area contributed by atoms with Crippen molar-refractivity contribution in [3.8, 4) is 11.5 Å². The van der Waals surface area contributed by atoms with Gasteiger partial charge in [0.05, 0.1) is 4.91 Å². The highest BCUT2D eigenvalue weighted by Crippen LogP contribution is 2.36. The molecule has 196 valence electrons. The van der Waals surface area contributed by atoms with Gasteiger partial charge in [0.15, 0.2) is 16.6 Å². The molecule has 5 rings (SSSR count). The van der Waals surface area contributed by atoms with E-state index in [4.69, 9.17) is 33.3 Å². The summed E-state index contributed by atoms with van der Waals surface area (Å²) in [4.78, 5) is 32.8. The minimum atomic E-state index is -0.0909. The van der Waals surface area contributed by atoms with Crippen LogP contribution in [0, 0.1) is 0 Å². The zero-order valence-corrected chi connectivity index (χ0v) is 23.5. The lowest BCUT2D eigenvalue weighted by Crippen LogP contribution is -2.29. The maximum Gasteiger partial charge on any atom is 0.266 e. The van der Waals surface area contributed by atoms with E-state index in [2.05, 4.69) is 10.3 Å². The van der Waals surface area contributed by atoms with Gasteiger partial charge in [0.2, 0.25) is 12.7 Å². The summed E-state index contributed by atoms with van der Waals surface area (Å²) in [7, 11) is 0. The second kappa shape index (κ2) is 12.3. The van der Waals surface area contributed by atoms with E-state index in [0.29, 0.717) is 51.7 Å². The molecule has 0 atom stereocenters. The van der Waals surface area contributed by atoms with Crippen LogP contribution < -0.4 is 14.8 Å². The van der Waals surface area contributed by atoms with Crippen molar-refractivity contribution in [3.05, 3.63) is 74.6 Å². The SMILES string of the molecule is O=C(CCCCCN1C(=O)/C(=C/c2ccc3c(c2)OCO3)SC1=S)Nc1ncc(Cc2ccccc2Cl)s1. The zero-order valence-electron chi connectivity index (χ0n) is 20.3. The summed E-state index contributed by atoms with van der Waals surface area (Å²) >= 11 is 14.4.